The summed E-state index contributed by atoms with van der Waals surface area (Å²) in [7, 11) is 0. The van der Waals surface area contributed by atoms with Crippen molar-refractivity contribution in [1.29, 1.82) is 0 Å². The Bertz CT molecular complexity index is 1260. The van der Waals surface area contributed by atoms with Gasteiger partial charge in [-0.15, -0.1) is 18.2 Å². The molecule has 1 radical (unpaired) electrons. The normalized spacial score (nSPS) is 11.3. The van der Waals surface area contributed by atoms with E-state index in [0.29, 0.717) is 11.4 Å². The Kier molecular flexibility index (Phi) is 9.86. The minimum atomic E-state index is -0.895. The van der Waals surface area contributed by atoms with Gasteiger partial charge in [-0.3, -0.25) is 13.8 Å². The zero-order valence-electron chi connectivity index (χ0n) is 21.4. The van der Waals surface area contributed by atoms with E-state index in [4.69, 9.17) is 0 Å². The summed E-state index contributed by atoms with van der Waals surface area (Å²) in [5.74, 6) is -3.06. The van der Waals surface area contributed by atoms with Crippen molar-refractivity contribution >= 4 is 0 Å². The smallest absolute Gasteiger partial charge is 0.128 e. The zero-order chi connectivity index (χ0) is 26.7. The molecule has 8 heteroatoms. The summed E-state index contributed by atoms with van der Waals surface area (Å²) in [5, 5.41) is 0. The Hall–Kier alpha value is -2.96. The predicted molar refractivity (Wildman–Crippen MR) is 132 cm³/mol. The van der Waals surface area contributed by atoms with Gasteiger partial charge in [0.05, 0.1) is 0 Å². The van der Waals surface area contributed by atoms with Crippen LogP contribution in [0.25, 0.3) is 22.5 Å². The summed E-state index contributed by atoms with van der Waals surface area (Å²) in [5.41, 5.74) is 3.11. The van der Waals surface area contributed by atoms with Gasteiger partial charge in [-0.05, 0) is 45.5 Å². The molecule has 4 rings (SSSR count). The van der Waals surface area contributed by atoms with E-state index in [2.05, 4.69) is 68.6 Å². The summed E-state index contributed by atoms with van der Waals surface area (Å²) < 4.78 is 52.8. The van der Waals surface area contributed by atoms with Gasteiger partial charge in [-0.1, -0.05) is 76.9 Å². The molecule has 1 aromatic carbocycles. The second kappa shape index (κ2) is 12.1. The summed E-state index contributed by atoms with van der Waals surface area (Å²) in [6, 6.07) is 15.4. The first-order chi connectivity index (χ1) is 16.8. The van der Waals surface area contributed by atoms with Crippen molar-refractivity contribution in [2.24, 2.45) is 0 Å². The molecule has 0 aliphatic carbocycles. The Labute approximate surface area is 228 Å². The van der Waals surface area contributed by atoms with Gasteiger partial charge in [-0.2, -0.15) is 0 Å². The molecule has 3 aromatic heterocycles. The molecule has 0 unspecified atom stereocenters. The monoisotopic (exact) mass is 686 g/mol. The first-order valence-corrected chi connectivity index (χ1v) is 11.3. The van der Waals surface area contributed by atoms with Crippen LogP contribution in [0.15, 0.2) is 54.9 Å². The number of aromatic nitrogens is 3. The minimum Gasteiger partial charge on any atom is -0.305 e. The molecular formula is C29H27F4IrN3-2. The van der Waals surface area contributed by atoms with Gasteiger partial charge in [0.25, 0.3) is 0 Å². The minimum absolute atomic E-state index is 0. The number of pyridine rings is 3. The third-order valence-corrected chi connectivity index (χ3v) is 5.37. The van der Waals surface area contributed by atoms with Crippen molar-refractivity contribution in [3.8, 4) is 22.5 Å². The van der Waals surface area contributed by atoms with Crippen LogP contribution in [0.2, 0.25) is 0 Å². The maximum absolute atomic E-state index is 13.7. The largest absolute Gasteiger partial charge is 0.305 e. The molecule has 0 aliphatic heterocycles. The molecule has 37 heavy (non-hydrogen) atoms. The van der Waals surface area contributed by atoms with E-state index >= 15 is 0 Å². The van der Waals surface area contributed by atoms with Gasteiger partial charge in [-0.25, -0.2) is 8.78 Å². The third kappa shape index (κ3) is 8.01. The van der Waals surface area contributed by atoms with Gasteiger partial charge in [0.15, 0.2) is 0 Å². The molecule has 0 spiro atoms. The number of halogens is 4. The van der Waals surface area contributed by atoms with Crippen molar-refractivity contribution < 1.29 is 37.7 Å². The van der Waals surface area contributed by atoms with Gasteiger partial charge >= 0.3 is 0 Å². The number of hydrogen-bond acceptors (Lipinski definition) is 3. The molecular weight excluding hydrogens is 659 g/mol. The molecule has 4 aromatic rings. The van der Waals surface area contributed by atoms with E-state index < -0.39 is 23.5 Å². The Morgan fingerprint density at radius 1 is 0.676 bits per heavy atom. The van der Waals surface area contributed by atoms with Gasteiger partial charge in [0, 0.05) is 44.1 Å². The summed E-state index contributed by atoms with van der Waals surface area (Å²) in [6.45, 7) is 12.4. The number of hydrogen-bond donors (Lipinski definition) is 0. The van der Waals surface area contributed by atoms with Crippen molar-refractivity contribution in [3.05, 3.63) is 102 Å². The molecule has 3 nitrogen and oxygen atoms in total. The number of nitrogens with zero attached hydrogens (tertiary/aromatic N) is 3. The van der Waals surface area contributed by atoms with Crippen LogP contribution in [-0.4, -0.2) is 15.0 Å². The molecule has 0 bridgehead atoms. The predicted octanol–water partition coefficient (Wildman–Crippen LogP) is 7.64. The second-order valence-electron chi connectivity index (χ2n) is 10.3. The van der Waals surface area contributed by atoms with E-state index in [-0.39, 0.29) is 42.1 Å². The fourth-order valence-corrected chi connectivity index (χ4v) is 3.26. The molecule has 0 aliphatic rings. The van der Waals surface area contributed by atoms with E-state index in [0.717, 1.165) is 29.3 Å². The molecule has 0 amide bonds. The number of benzene rings is 1. The van der Waals surface area contributed by atoms with Crippen LogP contribution in [0.5, 0.6) is 0 Å². The molecule has 197 valence electrons. The fourth-order valence-electron chi connectivity index (χ4n) is 3.26. The van der Waals surface area contributed by atoms with E-state index in [1.54, 1.807) is 18.5 Å². The summed E-state index contributed by atoms with van der Waals surface area (Å²) in [6.07, 6.45) is 3.24. The standard InChI is InChI=1S/C15H14F2N.C14H13F2N2.Ir/c1-15(2,3)10-6-7-18-14(8-10)12-5-4-11(16)9-13(12)17;1-14(2,3)9-6-7-17-11(8-9)10-4-5-12(15)18-13(10)16;/h4,6-9H,1-3H3;5-8H,1-3H3;/q2*-1;. The Morgan fingerprint density at radius 3 is 1.62 bits per heavy atom. The Morgan fingerprint density at radius 2 is 1.16 bits per heavy atom. The van der Waals surface area contributed by atoms with Crippen LogP contribution in [0.1, 0.15) is 52.7 Å². The van der Waals surface area contributed by atoms with Crippen molar-refractivity contribution in [1.82, 2.24) is 15.0 Å². The van der Waals surface area contributed by atoms with Crippen molar-refractivity contribution in [2.75, 3.05) is 0 Å². The first-order valence-electron chi connectivity index (χ1n) is 11.3. The average Bonchev–Trinajstić information content (AvgIpc) is 2.79. The van der Waals surface area contributed by atoms with Crippen LogP contribution in [0.3, 0.4) is 0 Å². The second-order valence-corrected chi connectivity index (χ2v) is 10.3. The van der Waals surface area contributed by atoms with Crippen LogP contribution in [0.4, 0.5) is 17.6 Å². The molecule has 0 fully saturated rings. The maximum Gasteiger partial charge on any atom is 0.128 e. The summed E-state index contributed by atoms with van der Waals surface area (Å²) >= 11 is 0. The van der Waals surface area contributed by atoms with Gasteiger partial charge in [0.1, 0.15) is 11.9 Å². The van der Waals surface area contributed by atoms with Crippen LogP contribution in [-0.2, 0) is 30.9 Å². The quantitative estimate of drug-likeness (QED) is 0.124. The van der Waals surface area contributed by atoms with Gasteiger partial charge in [0.2, 0.25) is 0 Å². The SMILES string of the molecule is CC(C)(C)c1ccnc(-c2[c-]cc(F)cc2F)c1.CC(C)(C)c1ccnc(-c2[c-]cc(F)nc2F)c1.[Ir]. The van der Waals surface area contributed by atoms with Gasteiger partial charge < -0.3 is 9.97 Å². The zero-order valence-corrected chi connectivity index (χ0v) is 23.8. The van der Waals surface area contributed by atoms with Crippen LogP contribution >= 0.6 is 0 Å². The molecule has 0 saturated carbocycles. The third-order valence-electron chi connectivity index (χ3n) is 5.37. The van der Waals surface area contributed by atoms with E-state index in [1.807, 2.05) is 18.2 Å². The van der Waals surface area contributed by atoms with Crippen molar-refractivity contribution in [3.63, 3.8) is 0 Å². The molecule has 0 saturated heterocycles. The summed E-state index contributed by atoms with van der Waals surface area (Å²) in [4.78, 5) is 11.3. The molecule has 0 atom stereocenters. The topological polar surface area (TPSA) is 38.7 Å². The van der Waals surface area contributed by atoms with E-state index in [9.17, 15) is 17.6 Å². The fraction of sp³-hybridized carbons (Fsp3) is 0.276. The average molecular weight is 686 g/mol. The molecule has 0 N–H and O–H groups in total. The van der Waals surface area contributed by atoms with Crippen LogP contribution in [0, 0.1) is 35.7 Å². The van der Waals surface area contributed by atoms with Crippen LogP contribution < -0.4 is 0 Å². The number of rotatable bonds is 2. The van der Waals surface area contributed by atoms with Crippen molar-refractivity contribution in [2.45, 2.75) is 52.4 Å². The molecule has 3 heterocycles. The first kappa shape index (κ1) is 30.3. The maximum atomic E-state index is 13.7. The Balaban J connectivity index is 0.000000253. The van der Waals surface area contributed by atoms with E-state index in [1.165, 1.54) is 0 Å².